The molecule has 1 spiro atoms. The van der Waals surface area contributed by atoms with Gasteiger partial charge in [0.15, 0.2) is 5.82 Å². The van der Waals surface area contributed by atoms with Crippen LogP contribution in [-0.2, 0) is 27.4 Å². The van der Waals surface area contributed by atoms with Crippen molar-refractivity contribution in [3.63, 3.8) is 0 Å². The highest BCUT2D eigenvalue weighted by Gasteiger charge is 2.50. The van der Waals surface area contributed by atoms with Crippen LogP contribution in [0.2, 0.25) is 0 Å². The van der Waals surface area contributed by atoms with Gasteiger partial charge in [-0.2, -0.15) is 0 Å². The number of esters is 1. The van der Waals surface area contributed by atoms with Crippen LogP contribution in [0.1, 0.15) is 55.7 Å². The molecule has 2 fully saturated rings. The van der Waals surface area contributed by atoms with Crippen molar-refractivity contribution >= 4 is 11.9 Å². The van der Waals surface area contributed by atoms with E-state index in [0.717, 1.165) is 62.3 Å². The highest BCUT2D eigenvalue weighted by molar-refractivity contribution is 5.94. The molecule has 0 radical (unpaired) electrons. The second-order valence-electron chi connectivity index (χ2n) is 10.4. The number of rotatable bonds is 4. The summed E-state index contributed by atoms with van der Waals surface area (Å²) in [5, 5.41) is 12.0. The average molecular weight is 463 g/mol. The summed E-state index contributed by atoms with van der Waals surface area (Å²) in [5.41, 5.74) is 6.05. The van der Waals surface area contributed by atoms with Gasteiger partial charge in [-0.25, -0.2) is 9.48 Å². The molecule has 3 aliphatic heterocycles. The number of tetrazole rings is 1. The summed E-state index contributed by atoms with van der Waals surface area (Å²) in [5.74, 6) is 0.746. The van der Waals surface area contributed by atoms with Gasteiger partial charge in [0.2, 0.25) is 5.91 Å². The minimum atomic E-state index is -0.297. The second-order valence-corrected chi connectivity index (χ2v) is 10.4. The SMILES string of the molecule is CC1=C(N2CCC3(CCC(N(C)Cc4cc5c(cc4C)-c4nnnn4C5)CC3)C2=O)COC1=O. The lowest BCUT2D eigenvalue weighted by Crippen LogP contribution is -2.42. The maximum Gasteiger partial charge on any atom is 0.336 e. The van der Waals surface area contributed by atoms with Crippen molar-refractivity contribution in [1.29, 1.82) is 0 Å². The molecule has 0 N–H and O–H groups in total. The number of ether oxygens (including phenoxy) is 1. The Hall–Kier alpha value is -3.07. The summed E-state index contributed by atoms with van der Waals surface area (Å²) in [6, 6.07) is 4.96. The summed E-state index contributed by atoms with van der Waals surface area (Å²) in [6.07, 6.45) is 4.70. The maximum absolute atomic E-state index is 13.4. The number of carbonyl (C=O) groups is 2. The summed E-state index contributed by atoms with van der Waals surface area (Å²) in [4.78, 5) is 29.5. The molecule has 1 saturated heterocycles. The Bertz CT molecular complexity index is 1220. The van der Waals surface area contributed by atoms with Crippen molar-refractivity contribution < 1.29 is 14.3 Å². The van der Waals surface area contributed by atoms with Crippen LogP contribution in [0.25, 0.3) is 11.4 Å². The first kappa shape index (κ1) is 21.5. The van der Waals surface area contributed by atoms with Crippen LogP contribution in [0.5, 0.6) is 0 Å². The van der Waals surface area contributed by atoms with E-state index in [4.69, 9.17) is 4.74 Å². The molecule has 34 heavy (non-hydrogen) atoms. The second kappa shape index (κ2) is 7.73. The largest absolute Gasteiger partial charge is 0.456 e. The van der Waals surface area contributed by atoms with Crippen LogP contribution in [0.15, 0.2) is 23.4 Å². The van der Waals surface area contributed by atoms with E-state index in [9.17, 15) is 9.59 Å². The standard InChI is InChI=1S/C25H30N6O3/c1-15-10-20-18(13-31-22(20)26-27-28-31)11-17(15)12-29(3)19-4-6-25(7-5-19)8-9-30(24(25)33)21-14-34-23(32)16(21)2/h10-11,19H,4-9,12-14H2,1-3H3. The fourth-order valence-electron chi connectivity index (χ4n) is 6.26. The molecular formula is C25H30N6O3. The van der Waals surface area contributed by atoms with Gasteiger partial charge in [0.1, 0.15) is 6.61 Å². The molecule has 0 bridgehead atoms. The molecule has 1 aromatic carbocycles. The molecule has 1 amide bonds. The number of cyclic esters (lactones) is 1. The lowest BCUT2D eigenvalue weighted by atomic mass is 9.71. The van der Waals surface area contributed by atoms with Gasteiger partial charge >= 0.3 is 5.97 Å². The molecule has 1 aromatic heterocycles. The number of aromatic nitrogens is 4. The van der Waals surface area contributed by atoms with Crippen molar-refractivity contribution in [2.24, 2.45) is 5.41 Å². The number of benzene rings is 1. The molecule has 9 heteroatoms. The highest BCUT2D eigenvalue weighted by atomic mass is 16.5. The van der Waals surface area contributed by atoms with E-state index in [2.05, 4.69) is 46.5 Å². The molecule has 0 atom stereocenters. The van der Waals surface area contributed by atoms with E-state index in [1.54, 1.807) is 6.92 Å². The Balaban J connectivity index is 1.11. The molecule has 1 saturated carbocycles. The number of carbonyl (C=O) groups excluding carboxylic acids is 2. The quantitative estimate of drug-likeness (QED) is 0.550. The van der Waals surface area contributed by atoms with Crippen LogP contribution in [-0.4, -0.2) is 68.1 Å². The van der Waals surface area contributed by atoms with Crippen LogP contribution >= 0.6 is 0 Å². The fourth-order valence-corrected chi connectivity index (χ4v) is 6.26. The topological polar surface area (TPSA) is 93.5 Å². The Morgan fingerprint density at radius 3 is 2.71 bits per heavy atom. The average Bonchev–Trinajstić information content (AvgIpc) is 3.56. The lowest BCUT2D eigenvalue weighted by molar-refractivity contribution is -0.138. The van der Waals surface area contributed by atoms with E-state index >= 15 is 0 Å². The third kappa shape index (κ3) is 3.20. The zero-order valence-electron chi connectivity index (χ0n) is 20.0. The molecular weight excluding hydrogens is 432 g/mol. The van der Waals surface area contributed by atoms with Crippen LogP contribution < -0.4 is 0 Å². The van der Waals surface area contributed by atoms with Crippen molar-refractivity contribution in [3.8, 4) is 11.4 Å². The zero-order chi connectivity index (χ0) is 23.6. The zero-order valence-corrected chi connectivity index (χ0v) is 20.0. The minimum Gasteiger partial charge on any atom is -0.456 e. The molecule has 9 nitrogen and oxygen atoms in total. The Labute approximate surface area is 198 Å². The summed E-state index contributed by atoms with van der Waals surface area (Å²) >= 11 is 0. The van der Waals surface area contributed by atoms with Crippen molar-refractivity contribution in [1.82, 2.24) is 30.0 Å². The number of fused-ring (bicyclic) bond motifs is 3. The summed E-state index contributed by atoms with van der Waals surface area (Å²) in [7, 11) is 2.20. The van der Waals surface area contributed by atoms with E-state index in [1.165, 1.54) is 16.7 Å². The normalized spacial score (nSPS) is 26.1. The first-order valence-electron chi connectivity index (χ1n) is 12.1. The van der Waals surface area contributed by atoms with Gasteiger partial charge in [0.05, 0.1) is 23.2 Å². The lowest BCUT2D eigenvalue weighted by Gasteiger charge is -2.39. The van der Waals surface area contributed by atoms with Crippen molar-refractivity contribution in [3.05, 3.63) is 40.1 Å². The molecule has 4 aliphatic rings. The van der Waals surface area contributed by atoms with Gasteiger partial charge in [-0.1, -0.05) is 6.07 Å². The van der Waals surface area contributed by atoms with Crippen LogP contribution in [0, 0.1) is 12.3 Å². The van der Waals surface area contributed by atoms with Crippen molar-refractivity contribution in [2.45, 2.75) is 65.1 Å². The van der Waals surface area contributed by atoms with E-state index in [1.807, 2.05) is 9.58 Å². The molecule has 0 unspecified atom stereocenters. The first-order chi connectivity index (χ1) is 16.4. The minimum absolute atomic E-state index is 0.191. The van der Waals surface area contributed by atoms with Gasteiger partial charge in [-0.05, 0) is 86.2 Å². The summed E-state index contributed by atoms with van der Waals surface area (Å²) < 4.78 is 7.00. The Kier molecular flexibility index (Phi) is 4.88. The van der Waals surface area contributed by atoms with E-state index in [-0.39, 0.29) is 23.9 Å². The number of amides is 1. The molecule has 6 rings (SSSR count). The van der Waals surface area contributed by atoms with Crippen molar-refractivity contribution in [2.75, 3.05) is 20.2 Å². The smallest absolute Gasteiger partial charge is 0.336 e. The van der Waals surface area contributed by atoms with Gasteiger partial charge < -0.3 is 9.64 Å². The van der Waals surface area contributed by atoms with Crippen LogP contribution in [0.4, 0.5) is 0 Å². The van der Waals surface area contributed by atoms with E-state index in [0.29, 0.717) is 18.2 Å². The number of hydrogen-bond donors (Lipinski definition) is 0. The maximum atomic E-state index is 13.4. The van der Waals surface area contributed by atoms with Gasteiger partial charge in [0, 0.05) is 24.7 Å². The highest BCUT2D eigenvalue weighted by Crippen LogP contribution is 2.47. The third-order valence-corrected chi connectivity index (χ3v) is 8.53. The summed E-state index contributed by atoms with van der Waals surface area (Å²) in [6.45, 7) is 6.45. The van der Waals surface area contributed by atoms with Crippen LogP contribution in [0.3, 0.4) is 0 Å². The van der Waals surface area contributed by atoms with Gasteiger partial charge in [-0.3, -0.25) is 9.69 Å². The number of aryl methyl sites for hydroxylation is 1. The predicted molar refractivity (Wildman–Crippen MR) is 123 cm³/mol. The number of nitrogens with zero attached hydrogens (tertiary/aromatic N) is 6. The molecule has 178 valence electrons. The molecule has 2 aromatic rings. The predicted octanol–water partition coefficient (Wildman–Crippen LogP) is 2.43. The third-order valence-electron chi connectivity index (χ3n) is 8.53. The fraction of sp³-hybridized carbons (Fsp3) is 0.560. The number of hydrogen-bond acceptors (Lipinski definition) is 7. The number of likely N-dealkylation sites (tertiary alicyclic amines) is 1. The van der Waals surface area contributed by atoms with Gasteiger partial charge in [0.25, 0.3) is 0 Å². The van der Waals surface area contributed by atoms with E-state index < -0.39 is 0 Å². The van der Waals surface area contributed by atoms with Gasteiger partial charge in [-0.15, -0.1) is 5.10 Å². The Morgan fingerprint density at radius 1 is 1.18 bits per heavy atom. The molecule has 4 heterocycles. The Morgan fingerprint density at radius 2 is 1.97 bits per heavy atom. The first-order valence-corrected chi connectivity index (χ1v) is 12.1. The monoisotopic (exact) mass is 462 g/mol. The molecule has 1 aliphatic carbocycles.